The van der Waals surface area contributed by atoms with Crippen molar-refractivity contribution in [3.05, 3.63) is 11.1 Å². The molecule has 0 bridgehead atoms. The van der Waals surface area contributed by atoms with Crippen molar-refractivity contribution >= 4 is 22.4 Å². The van der Waals surface area contributed by atoms with Crippen LogP contribution in [0.1, 0.15) is 31.6 Å². The number of rotatable bonds is 6. The van der Waals surface area contributed by atoms with Crippen molar-refractivity contribution in [2.45, 2.75) is 39.3 Å². The molecule has 0 aliphatic carbocycles. The SMILES string of the molecule is CCC[C@H]1CN(Cc2cnc(N3CCOCC3)s2)C[C@@H]1NC(C)=O. The van der Waals surface area contributed by atoms with E-state index in [4.69, 9.17) is 4.74 Å². The van der Waals surface area contributed by atoms with Crippen LogP contribution in [-0.2, 0) is 16.1 Å². The Kier molecular flexibility index (Phi) is 6.08. The Morgan fingerprint density at radius 1 is 1.42 bits per heavy atom. The highest BCUT2D eigenvalue weighted by atomic mass is 32.1. The van der Waals surface area contributed by atoms with Gasteiger partial charge in [0.1, 0.15) is 0 Å². The third-order valence-electron chi connectivity index (χ3n) is 4.77. The maximum Gasteiger partial charge on any atom is 0.217 e. The van der Waals surface area contributed by atoms with Gasteiger partial charge in [-0.05, 0) is 12.3 Å². The van der Waals surface area contributed by atoms with E-state index in [1.807, 2.05) is 6.20 Å². The zero-order valence-electron chi connectivity index (χ0n) is 14.7. The summed E-state index contributed by atoms with van der Waals surface area (Å²) in [6.07, 6.45) is 4.34. The van der Waals surface area contributed by atoms with Gasteiger partial charge in [0, 0.05) is 56.8 Å². The molecule has 2 saturated heterocycles. The first kappa shape index (κ1) is 17.6. The fourth-order valence-electron chi connectivity index (χ4n) is 3.67. The molecule has 1 aromatic rings. The van der Waals surface area contributed by atoms with Gasteiger partial charge in [-0.2, -0.15) is 0 Å². The third kappa shape index (κ3) is 4.46. The van der Waals surface area contributed by atoms with Crippen LogP contribution in [0.4, 0.5) is 5.13 Å². The van der Waals surface area contributed by atoms with Crippen LogP contribution in [0.2, 0.25) is 0 Å². The molecule has 2 aliphatic heterocycles. The number of anilines is 1. The van der Waals surface area contributed by atoms with E-state index in [1.165, 1.54) is 11.3 Å². The standard InChI is InChI=1S/C17H28N4O2S/c1-3-4-14-10-20(12-16(14)19-13(2)22)11-15-9-18-17(24-15)21-5-7-23-8-6-21/h9,14,16H,3-8,10-12H2,1-2H3,(H,19,22)/t14-,16-/m0/s1. The van der Waals surface area contributed by atoms with Gasteiger partial charge in [-0.25, -0.2) is 4.98 Å². The molecule has 2 fully saturated rings. The Morgan fingerprint density at radius 2 is 2.21 bits per heavy atom. The highest BCUT2D eigenvalue weighted by molar-refractivity contribution is 7.15. The van der Waals surface area contributed by atoms with E-state index in [0.29, 0.717) is 5.92 Å². The van der Waals surface area contributed by atoms with Gasteiger partial charge in [0.05, 0.1) is 13.2 Å². The van der Waals surface area contributed by atoms with Crippen LogP contribution in [-0.4, -0.2) is 61.2 Å². The van der Waals surface area contributed by atoms with Crippen molar-refractivity contribution in [1.82, 2.24) is 15.2 Å². The second-order valence-electron chi connectivity index (χ2n) is 6.76. The largest absolute Gasteiger partial charge is 0.378 e. The van der Waals surface area contributed by atoms with Crippen molar-refractivity contribution < 1.29 is 9.53 Å². The van der Waals surface area contributed by atoms with Gasteiger partial charge in [-0.1, -0.05) is 13.3 Å². The van der Waals surface area contributed by atoms with E-state index in [9.17, 15) is 4.79 Å². The molecule has 0 aromatic carbocycles. The fourth-order valence-corrected chi connectivity index (χ4v) is 4.67. The number of carbonyl (C=O) groups is 1. The molecule has 24 heavy (non-hydrogen) atoms. The van der Waals surface area contributed by atoms with Gasteiger partial charge in [-0.3, -0.25) is 9.69 Å². The van der Waals surface area contributed by atoms with Crippen molar-refractivity contribution in [1.29, 1.82) is 0 Å². The number of carbonyl (C=O) groups excluding carboxylic acids is 1. The number of morpholine rings is 1. The molecule has 0 radical (unpaired) electrons. The van der Waals surface area contributed by atoms with Crippen LogP contribution in [0.5, 0.6) is 0 Å². The zero-order chi connectivity index (χ0) is 16.9. The summed E-state index contributed by atoms with van der Waals surface area (Å²) >= 11 is 1.79. The summed E-state index contributed by atoms with van der Waals surface area (Å²) in [7, 11) is 0. The highest BCUT2D eigenvalue weighted by Gasteiger charge is 2.32. The molecule has 3 heterocycles. The Hall–Kier alpha value is -1.18. The van der Waals surface area contributed by atoms with Gasteiger partial charge >= 0.3 is 0 Å². The maximum absolute atomic E-state index is 11.4. The molecule has 1 amide bonds. The molecular formula is C17H28N4O2S. The zero-order valence-corrected chi connectivity index (χ0v) is 15.5. The molecule has 2 atom stereocenters. The van der Waals surface area contributed by atoms with Crippen molar-refractivity contribution in [3.63, 3.8) is 0 Å². The molecular weight excluding hydrogens is 324 g/mol. The summed E-state index contributed by atoms with van der Waals surface area (Å²) in [5.74, 6) is 0.640. The quantitative estimate of drug-likeness (QED) is 0.845. The van der Waals surface area contributed by atoms with Crippen LogP contribution in [0, 0.1) is 5.92 Å². The van der Waals surface area contributed by atoms with Gasteiger partial charge in [-0.15, -0.1) is 11.3 Å². The fraction of sp³-hybridized carbons (Fsp3) is 0.765. The normalized spacial score (nSPS) is 25.2. The predicted octanol–water partition coefficient (Wildman–Crippen LogP) is 1.72. The van der Waals surface area contributed by atoms with E-state index >= 15 is 0 Å². The molecule has 0 saturated carbocycles. The summed E-state index contributed by atoms with van der Waals surface area (Å²) in [6, 6.07) is 0.286. The first-order valence-corrected chi connectivity index (χ1v) is 9.74. The average Bonchev–Trinajstić information content (AvgIpc) is 3.16. The second-order valence-corrected chi connectivity index (χ2v) is 7.85. The van der Waals surface area contributed by atoms with Gasteiger partial charge in [0.2, 0.25) is 5.91 Å². The first-order chi connectivity index (χ1) is 11.7. The summed E-state index contributed by atoms with van der Waals surface area (Å²) in [5, 5.41) is 4.24. The molecule has 0 spiro atoms. The second kappa shape index (κ2) is 8.27. The van der Waals surface area contributed by atoms with Crippen LogP contribution in [0.25, 0.3) is 0 Å². The number of nitrogens with zero attached hydrogens (tertiary/aromatic N) is 3. The maximum atomic E-state index is 11.4. The van der Waals surface area contributed by atoms with Crippen LogP contribution in [0.3, 0.4) is 0 Å². The molecule has 7 heteroatoms. The average molecular weight is 353 g/mol. The number of hydrogen-bond donors (Lipinski definition) is 1. The Balaban J connectivity index is 1.57. The summed E-state index contributed by atoms with van der Waals surface area (Å²) < 4.78 is 5.41. The minimum Gasteiger partial charge on any atom is -0.378 e. The highest BCUT2D eigenvalue weighted by Crippen LogP contribution is 2.28. The van der Waals surface area contributed by atoms with E-state index in [1.54, 1.807) is 18.3 Å². The number of ether oxygens (including phenoxy) is 1. The lowest BCUT2D eigenvalue weighted by Gasteiger charge is -2.26. The smallest absolute Gasteiger partial charge is 0.217 e. The molecule has 134 valence electrons. The molecule has 3 rings (SSSR count). The monoisotopic (exact) mass is 352 g/mol. The third-order valence-corrected chi connectivity index (χ3v) is 5.81. The van der Waals surface area contributed by atoms with Crippen molar-refractivity contribution in [2.75, 3.05) is 44.3 Å². The van der Waals surface area contributed by atoms with Crippen molar-refractivity contribution in [2.24, 2.45) is 5.92 Å². The van der Waals surface area contributed by atoms with Crippen LogP contribution < -0.4 is 10.2 Å². The summed E-state index contributed by atoms with van der Waals surface area (Å²) in [5.41, 5.74) is 0. The van der Waals surface area contributed by atoms with Crippen molar-refractivity contribution in [3.8, 4) is 0 Å². The topological polar surface area (TPSA) is 57.7 Å². The lowest BCUT2D eigenvalue weighted by molar-refractivity contribution is -0.119. The molecule has 1 N–H and O–H groups in total. The number of amides is 1. The van der Waals surface area contributed by atoms with Gasteiger partial charge < -0.3 is 15.0 Å². The number of aromatic nitrogens is 1. The van der Waals surface area contributed by atoms with Crippen LogP contribution >= 0.6 is 11.3 Å². The molecule has 1 aromatic heterocycles. The number of likely N-dealkylation sites (tertiary alicyclic amines) is 1. The first-order valence-electron chi connectivity index (χ1n) is 8.92. The Labute approximate surface area is 148 Å². The van der Waals surface area contributed by atoms with E-state index in [-0.39, 0.29) is 11.9 Å². The lowest BCUT2D eigenvalue weighted by Crippen LogP contribution is -2.39. The molecule has 6 nitrogen and oxygen atoms in total. The minimum absolute atomic E-state index is 0.0790. The molecule has 2 aliphatic rings. The Bertz CT molecular complexity index is 544. The van der Waals surface area contributed by atoms with Crippen LogP contribution in [0.15, 0.2) is 6.20 Å². The lowest BCUT2D eigenvalue weighted by atomic mass is 9.98. The number of nitrogens with one attached hydrogen (secondary N) is 1. The predicted molar refractivity (Wildman–Crippen MR) is 96.4 cm³/mol. The number of hydrogen-bond acceptors (Lipinski definition) is 6. The summed E-state index contributed by atoms with van der Waals surface area (Å²) in [6.45, 7) is 10.2. The summed E-state index contributed by atoms with van der Waals surface area (Å²) in [4.78, 5) is 22.1. The number of thiazole rings is 1. The molecule has 0 unspecified atom stereocenters. The van der Waals surface area contributed by atoms with Gasteiger partial charge in [0.15, 0.2) is 5.13 Å². The minimum atomic E-state index is 0.0790. The van der Waals surface area contributed by atoms with E-state index in [2.05, 4.69) is 27.0 Å². The van der Waals surface area contributed by atoms with E-state index in [0.717, 1.165) is 57.5 Å². The Morgan fingerprint density at radius 3 is 2.92 bits per heavy atom. The van der Waals surface area contributed by atoms with E-state index < -0.39 is 0 Å². The van der Waals surface area contributed by atoms with Gasteiger partial charge in [0.25, 0.3) is 0 Å².